The number of nitrogens with one attached hydrogen (secondary N) is 1. The number of furan rings is 1. The summed E-state index contributed by atoms with van der Waals surface area (Å²) in [5.74, 6) is 1.57. The van der Waals surface area contributed by atoms with E-state index in [1.807, 2.05) is 37.2 Å². The van der Waals surface area contributed by atoms with Gasteiger partial charge in [0.25, 0.3) is 0 Å². The first-order chi connectivity index (χ1) is 11.7. The lowest BCUT2D eigenvalue weighted by Crippen LogP contribution is -2.55. The Labute approximate surface area is 140 Å². The Kier molecular flexibility index (Phi) is 4.83. The summed E-state index contributed by atoms with van der Waals surface area (Å²) < 4.78 is 7.01. The van der Waals surface area contributed by atoms with Crippen LogP contribution in [0.15, 0.2) is 40.2 Å². The van der Waals surface area contributed by atoms with Crippen LogP contribution >= 0.6 is 0 Å². The second-order valence-corrected chi connectivity index (χ2v) is 5.59. The molecule has 24 heavy (non-hydrogen) atoms. The maximum absolute atomic E-state index is 12.5. The molecule has 0 unspecified atom stereocenters. The number of carbonyl (C=O) groups excluding carboxylic acids is 1. The summed E-state index contributed by atoms with van der Waals surface area (Å²) in [6.45, 7) is 4.82. The number of amides is 1. The van der Waals surface area contributed by atoms with Crippen LogP contribution in [0.1, 0.15) is 12.7 Å². The number of nitrogens with zero attached hydrogens (tertiary/aromatic N) is 5. The minimum absolute atomic E-state index is 0.0397. The molecule has 8 heteroatoms. The molecule has 2 aromatic rings. The molecule has 3 heterocycles. The molecule has 1 fully saturated rings. The third-order valence-electron chi connectivity index (χ3n) is 3.82. The SMILES string of the molecule is CCNC(=NCc1ccco1)N1CCN(c2cnn(C)c2)C(=O)C1. The van der Waals surface area contributed by atoms with Crippen LogP contribution in [0.2, 0.25) is 0 Å². The van der Waals surface area contributed by atoms with E-state index < -0.39 is 0 Å². The number of guanidine groups is 1. The van der Waals surface area contributed by atoms with Gasteiger partial charge in [0.1, 0.15) is 18.8 Å². The van der Waals surface area contributed by atoms with Crippen molar-refractivity contribution in [1.82, 2.24) is 20.0 Å². The minimum Gasteiger partial charge on any atom is -0.467 e. The van der Waals surface area contributed by atoms with E-state index in [4.69, 9.17) is 4.42 Å². The molecule has 0 aliphatic carbocycles. The van der Waals surface area contributed by atoms with Crippen molar-refractivity contribution in [2.24, 2.45) is 12.0 Å². The first kappa shape index (κ1) is 16.1. The van der Waals surface area contributed by atoms with Crippen LogP contribution in [0.4, 0.5) is 5.69 Å². The second-order valence-electron chi connectivity index (χ2n) is 5.59. The van der Waals surface area contributed by atoms with Gasteiger partial charge in [0, 0.05) is 32.9 Å². The average Bonchev–Trinajstić information content (AvgIpc) is 3.23. The Morgan fingerprint density at radius 2 is 2.33 bits per heavy atom. The van der Waals surface area contributed by atoms with Crippen LogP contribution < -0.4 is 10.2 Å². The van der Waals surface area contributed by atoms with Crippen LogP contribution in [-0.2, 0) is 18.4 Å². The van der Waals surface area contributed by atoms with Crippen molar-refractivity contribution in [2.75, 3.05) is 31.1 Å². The molecule has 0 saturated carbocycles. The van der Waals surface area contributed by atoms with Crippen molar-refractivity contribution in [1.29, 1.82) is 0 Å². The molecule has 1 saturated heterocycles. The van der Waals surface area contributed by atoms with Gasteiger partial charge in [0.15, 0.2) is 5.96 Å². The summed E-state index contributed by atoms with van der Waals surface area (Å²) in [4.78, 5) is 20.8. The van der Waals surface area contributed by atoms with Crippen LogP contribution in [0.25, 0.3) is 0 Å². The zero-order chi connectivity index (χ0) is 16.9. The van der Waals surface area contributed by atoms with Crippen LogP contribution in [0.3, 0.4) is 0 Å². The number of anilines is 1. The van der Waals surface area contributed by atoms with E-state index in [9.17, 15) is 4.79 Å². The molecule has 3 rings (SSSR count). The number of carbonyl (C=O) groups is 1. The molecule has 0 spiro atoms. The summed E-state index contributed by atoms with van der Waals surface area (Å²) in [5.41, 5.74) is 0.833. The summed E-state index contributed by atoms with van der Waals surface area (Å²) in [5, 5.41) is 7.37. The summed E-state index contributed by atoms with van der Waals surface area (Å²) in [6.07, 6.45) is 5.20. The van der Waals surface area contributed by atoms with E-state index in [0.717, 1.165) is 24.0 Å². The molecule has 0 radical (unpaired) electrons. The molecular weight excluding hydrogens is 308 g/mol. The smallest absolute Gasteiger partial charge is 0.246 e. The standard InChI is InChI=1S/C16H22N6O2/c1-3-17-16(18-10-14-5-4-8-24-14)21-6-7-22(15(23)12-21)13-9-19-20(2)11-13/h4-5,8-9,11H,3,6-7,10,12H2,1-2H3,(H,17,18). The van der Waals surface area contributed by atoms with Gasteiger partial charge in [-0.25, -0.2) is 4.99 Å². The monoisotopic (exact) mass is 330 g/mol. The number of aryl methyl sites for hydroxylation is 1. The Balaban J connectivity index is 1.67. The molecule has 0 aromatic carbocycles. The van der Waals surface area contributed by atoms with E-state index in [1.54, 1.807) is 22.0 Å². The first-order valence-electron chi connectivity index (χ1n) is 8.02. The van der Waals surface area contributed by atoms with Crippen molar-refractivity contribution in [3.05, 3.63) is 36.5 Å². The molecule has 1 N–H and O–H groups in total. The minimum atomic E-state index is 0.0397. The van der Waals surface area contributed by atoms with Gasteiger partial charge in [-0.1, -0.05) is 0 Å². The van der Waals surface area contributed by atoms with Gasteiger partial charge in [-0.05, 0) is 19.1 Å². The summed E-state index contributed by atoms with van der Waals surface area (Å²) in [6, 6.07) is 3.73. The molecule has 0 bridgehead atoms. The van der Waals surface area contributed by atoms with Crippen molar-refractivity contribution in [3.63, 3.8) is 0 Å². The number of aromatic nitrogens is 2. The Bertz CT molecular complexity index is 706. The van der Waals surface area contributed by atoms with Crippen molar-refractivity contribution < 1.29 is 9.21 Å². The highest BCUT2D eigenvalue weighted by atomic mass is 16.3. The number of piperazine rings is 1. The largest absolute Gasteiger partial charge is 0.467 e. The zero-order valence-electron chi connectivity index (χ0n) is 14.0. The van der Waals surface area contributed by atoms with Crippen LogP contribution in [0, 0.1) is 0 Å². The lowest BCUT2D eigenvalue weighted by atomic mass is 10.3. The number of hydrogen-bond donors (Lipinski definition) is 1. The third-order valence-corrected chi connectivity index (χ3v) is 3.82. The van der Waals surface area contributed by atoms with Crippen molar-refractivity contribution in [2.45, 2.75) is 13.5 Å². The molecule has 8 nitrogen and oxygen atoms in total. The van der Waals surface area contributed by atoms with E-state index in [2.05, 4.69) is 15.4 Å². The van der Waals surface area contributed by atoms with Gasteiger partial charge in [0.2, 0.25) is 5.91 Å². The molecule has 1 amide bonds. The number of aliphatic imine (C=N–C) groups is 1. The van der Waals surface area contributed by atoms with Gasteiger partial charge >= 0.3 is 0 Å². The second kappa shape index (κ2) is 7.20. The van der Waals surface area contributed by atoms with Gasteiger partial charge in [-0.15, -0.1) is 0 Å². The van der Waals surface area contributed by atoms with Gasteiger partial charge in [-0.3, -0.25) is 9.48 Å². The average molecular weight is 330 g/mol. The maximum atomic E-state index is 12.5. The Morgan fingerprint density at radius 3 is 2.96 bits per heavy atom. The van der Waals surface area contributed by atoms with E-state index in [1.165, 1.54) is 0 Å². The fourth-order valence-corrected chi connectivity index (χ4v) is 2.66. The Hall–Kier alpha value is -2.77. The Morgan fingerprint density at radius 1 is 1.46 bits per heavy atom. The van der Waals surface area contributed by atoms with Crippen molar-refractivity contribution in [3.8, 4) is 0 Å². The van der Waals surface area contributed by atoms with E-state index in [0.29, 0.717) is 26.2 Å². The fraction of sp³-hybridized carbons (Fsp3) is 0.438. The lowest BCUT2D eigenvalue weighted by molar-refractivity contribution is -0.120. The van der Waals surface area contributed by atoms with E-state index in [-0.39, 0.29) is 5.91 Å². The fourth-order valence-electron chi connectivity index (χ4n) is 2.66. The predicted octanol–water partition coefficient (Wildman–Crippen LogP) is 0.827. The highest BCUT2D eigenvalue weighted by Crippen LogP contribution is 2.16. The molecule has 1 aliphatic rings. The highest BCUT2D eigenvalue weighted by Gasteiger charge is 2.27. The topological polar surface area (TPSA) is 78.9 Å². The first-order valence-corrected chi connectivity index (χ1v) is 8.02. The lowest BCUT2D eigenvalue weighted by Gasteiger charge is -2.35. The van der Waals surface area contributed by atoms with Gasteiger partial charge in [-0.2, -0.15) is 5.10 Å². The molecule has 1 aliphatic heterocycles. The van der Waals surface area contributed by atoms with Gasteiger partial charge in [0.05, 0.1) is 18.1 Å². The molecular formula is C16H22N6O2. The normalized spacial score (nSPS) is 15.9. The van der Waals surface area contributed by atoms with Gasteiger partial charge < -0.3 is 19.5 Å². The highest BCUT2D eigenvalue weighted by molar-refractivity contribution is 5.98. The zero-order valence-corrected chi connectivity index (χ0v) is 14.0. The summed E-state index contributed by atoms with van der Waals surface area (Å²) >= 11 is 0. The number of rotatable bonds is 4. The summed E-state index contributed by atoms with van der Waals surface area (Å²) in [7, 11) is 1.84. The van der Waals surface area contributed by atoms with Crippen LogP contribution in [-0.4, -0.2) is 52.7 Å². The molecule has 128 valence electrons. The van der Waals surface area contributed by atoms with Crippen LogP contribution in [0.5, 0.6) is 0 Å². The molecule has 0 atom stereocenters. The molecule has 2 aromatic heterocycles. The van der Waals surface area contributed by atoms with E-state index >= 15 is 0 Å². The maximum Gasteiger partial charge on any atom is 0.246 e. The number of hydrogen-bond acceptors (Lipinski definition) is 4. The predicted molar refractivity (Wildman–Crippen MR) is 90.7 cm³/mol. The third kappa shape index (κ3) is 3.58. The van der Waals surface area contributed by atoms with Crippen molar-refractivity contribution >= 4 is 17.6 Å². The quantitative estimate of drug-likeness (QED) is 0.663.